The number of para-hydroxylation sites is 1. The van der Waals surface area contributed by atoms with E-state index in [1.807, 2.05) is 67.3 Å². The Labute approximate surface area is 194 Å². The summed E-state index contributed by atoms with van der Waals surface area (Å²) in [4.78, 5) is 40.3. The monoisotopic (exact) mass is 447 g/mol. The van der Waals surface area contributed by atoms with E-state index in [1.165, 1.54) is 6.08 Å². The number of hydroxylamine groups is 1. The van der Waals surface area contributed by atoms with Gasteiger partial charge in [0.25, 0.3) is 5.91 Å². The summed E-state index contributed by atoms with van der Waals surface area (Å²) in [6.45, 7) is 6.97. The Hall–Kier alpha value is -3.71. The lowest BCUT2D eigenvalue weighted by Crippen LogP contribution is -2.58. The molecule has 1 saturated heterocycles. The zero-order valence-corrected chi connectivity index (χ0v) is 19.1. The average Bonchev–Trinajstić information content (AvgIpc) is 2.80. The fourth-order valence-electron chi connectivity index (χ4n) is 4.34. The van der Waals surface area contributed by atoms with Crippen LogP contribution >= 0.6 is 0 Å². The second kappa shape index (κ2) is 10.7. The van der Waals surface area contributed by atoms with Crippen molar-refractivity contribution in [3.05, 3.63) is 77.4 Å². The van der Waals surface area contributed by atoms with Gasteiger partial charge in [0.1, 0.15) is 0 Å². The second-order valence-electron chi connectivity index (χ2n) is 8.22. The summed E-state index contributed by atoms with van der Waals surface area (Å²) in [5, 5.41) is 8.58. The van der Waals surface area contributed by atoms with E-state index in [0.29, 0.717) is 18.7 Å². The molecule has 172 valence electrons. The fraction of sp³-hybridized carbons (Fsp3) is 0.269. The number of nitrogens with zero attached hydrogens (tertiary/aromatic N) is 2. The van der Waals surface area contributed by atoms with Crippen LogP contribution in [0.3, 0.4) is 0 Å². The lowest BCUT2D eigenvalue weighted by Gasteiger charge is -2.45. The number of piperazine rings is 1. The van der Waals surface area contributed by atoms with Crippen molar-refractivity contribution in [3.63, 3.8) is 0 Å². The van der Waals surface area contributed by atoms with Gasteiger partial charge < -0.3 is 9.80 Å². The molecule has 2 atom stereocenters. The van der Waals surface area contributed by atoms with Crippen LogP contribution < -0.4 is 10.4 Å². The number of carbonyl (C=O) groups is 3. The second-order valence-corrected chi connectivity index (χ2v) is 8.22. The van der Waals surface area contributed by atoms with Crippen LogP contribution in [0.15, 0.2) is 60.7 Å². The molecule has 1 heterocycles. The van der Waals surface area contributed by atoms with E-state index in [1.54, 1.807) is 30.6 Å². The topological polar surface area (TPSA) is 90.0 Å². The van der Waals surface area contributed by atoms with E-state index in [9.17, 15) is 14.4 Å². The van der Waals surface area contributed by atoms with Crippen molar-refractivity contribution in [1.82, 2.24) is 10.4 Å². The summed E-state index contributed by atoms with van der Waals surface area (Å²) in [6, 6.07) is 15.0. The van der Waals surface area contributed by atoms with Gasteiger partial charge in [-0.25, -0.2) is 5.48 Å². The molecule has 3 rings (SSSR count). The Morgan fingerprint density at radius 1 is 0.939 bits per heavy atom. The number of hydrogen-bond donors (Lipinski definition) is 2. The summed E-state index contributed by atoms with van der Waals surface area (Å²) in [5.41, 5.74) is 4.59. The molecule has 2 aromatic carbocycles. The van der Waals surface area contributed by atoms with Crippen molar-refractivity contribution in [1.29, 1.82) is 0 Å². The van der Waals surface area contributed by atoms with Crippen LogP contribution in [0.1, 0.15) is 42.3 Å². The van der Waals surface area contributed by atoms with Crippen molar-refractivity contribution in [2.24, 2.45) is 0 Å². The molecular formula is C26H29N3O4. The van der Waals surface area contributed by atoms with Crippen LogP contribution in [0.5, 0.6) is 0 Å². The summed E-state index contributed by atoms with van der Waals surface area (Å²) < 4.78 is 0. The van der Waals surface area contributed by atoms with E-state index in [2.05, 4.69) is 4.90 Å². The Balaban J connectivity index is 1.79. The van der Waals surface area contributed by atoms with Gasteiger partial charge in [0.05, 0.1) is 0 Å². The molecule has 0 spiro atoms. The first-order valence-corrected chi connectivity index (χ1v) is 10.9. The zero-order valence-electron chi connectivity index (χ0n) is 19.1. The van der Waals surface area contributed by atoms with E-state index >= 15 is 0 Å². The molecule has 2 aromatic rings. The van der Waals surface area contributed by atoms with Gasteiger partial charge in [0.2, 0.25) is 5.91 Å². The third kappa shape index (κ3) is 5.96. The minimum Gasteiger partial charge on any atom is -0.367 e. The number of carbonyl (C=O) groups excluding carboxylic acids is 3. The maximum atomic E-state index is 13.1. The lowest BCUT2D eigenvalue weighted by molar-refractivity contribution is -0.133. The van der Waals surface area contributed by atoms with Gasteiger partial charge in [0.15, 0.2) is 5.78 Å². The first-order chi connectivity index (χ1) is 15.8. The van der Waals surface area contributed by atoms with E-state index in [-0.39, 0.29) is 23.8 Å². The largest absolute Gasteiger partial charge is 0.367 e. The SMILES string of the molecule is CC(=O)N1[C@H](C)CN(c2ccccc2C(=O)C=Cc2cccc(C=CC(=O)NO)c2)C[C@@H]1C. The van der Waals surface area contributed by atoms with Gasteiger partial charge in [-0.2, -0.15) is 0 Å². The molecule has 2 amide bonds. The van der Waals surface area contributed by atoms with E-state index in [0.717, 1.165) is 16.8 Å². The van der Waals surface area contributed by atoms with Crippen molar-refractivity contribution >= 4 is 35.4 Å². The smallest absolute Gasteiger partial charge is 0.267 e. The molecule has 0 radical (unpaired) electrons. The van der Waals surface area contributed by atoms with Gasteiger partial charge in [0, 0.05) is 49.4 Å². The minimum atomic E-state index is -0.615. The minimum absolute atomic E-state index is 0.0497. The fourth-order valence-corrected chi connectivity index (χ4v) is 4.34. The molecular weight excluding hydrogens is 418 g/mol. The first-order valence-electron chi connectivity index (χ1n) is 10.9. The molecule has 0 aliphatic carbocycles. The van der Waals surface area contributed by atoms with Crippen molar-refractivity contribution in [2.75, 3.05) is 18.0 Å². The number of nitrogens with one attached hydrogen (secondary N) is 1. The number of rotatable bonds is 6. The highest BCUT2D eigenvalue weighted by Gasteiger charge is 2.32. The average molecular weight is 448 g/mol. The molecule has 0 aromatic heterocycles. The van der Waals surface area contributed by atoms with E-state index in [4.69, 9.17) is 5.21 Å². The standard InChI is InChI=1S/C26H29N3O4/c1-18-16-28(17-19(2)29(18)20(3)30)24-10-5-4-9-23(24)25(31)13-11-21-7-6-8-22(15-21)12-14-26(32)27-33/h4-15,18-19,33H,16-17H2,1-3H3,(H,27,32)/t18-,19+. The normalized spacial score (nSPS) is 18.7. The molecule has 1 aliphatic heterocycles. The molecule has 7 nitrogen and oxygen atoms in total. The quantitative estimate of drug-likeness (QED) is 0.306. The number of anilines is 1. The number of hydrogen-bond acceptors (Lipinski definition) is 5. The highest BCUT2D eigenvalue weighted by atomic mass is 16.5. The van der Waals surface area contributed by atoms with Crippen LogP contribution in [0.25, 0.3) is 12.2 Å². The van der Waals surface area contributed by atoms with Gasteiger partial charge >= 0.3 is 0 Å². The van der Waals surface area contributed by atoms with Crippen molar-refractivity contribution in [3.8, 4) is 0 Å². The van der Waals surface area contributed by atoms with Gasteiger partial charge in [-0.15, -0.1) is 0 Å². The summed E-state index contributed by atoms with van der Waals surface area (Å²) in [5.74, 6) is -0.660. The highest BCUT2D eigenvalue weighted by molar-refractivity contribution is 6.10. The predicted molar refractivity (Wildman–Crippen MR) is 129 cm³/mol. The third-order valence-electron chi connectivity index (χ3n) is 5.67. The highest BCUT2D eigenvalue weighted by Crippen LogP contribution is 2.27. The molecule has 0 unspecified atom stereocenters. The zero-order chi connectivity index (χ0) is 24.0. The van der Waals surface area contributed by atoms with Crippen molar-refractivity contribution in [2.45, 2.75) is 32.9 Å². The third-order valence-corrected chi connectivity index (χ3v) is 5.67. The molecule has 0 saturated carbocycles. The van der Waals surface area contributed by atoms with Gasteiger partial charge in [-0.3, -0.25) is 19.6 Å². The lowest BCUT2D eigenvalue weighted by atomic mass is 10.0. The predicted octanol–water partition coefficient (Wildman–Crippen LogP) is 3.55. The maximum Gasteiger partial charge on any atom is 0.267 e. The number of ketones is 1. The van der Waals surface area contributed by atoms with Gasteiger partial charge in [-0.05, 0) is 55.3 Å². The summed E-state index contributed by atoms with van der Waals surface area (Å²) in [6.07, 6.45) is 6.07. The Kier molecular flexibility index (Phi) is 7.79. The molecule has 0 bridgehead atoms. The Morgan fingerprint density at radius 2 is 1.55 bits per heavy atom. The summed E-state index contributed by atoms with van der Waals surface area (Å²) >= 11 is 0. The first kappa shape index (κ1) is 23.9. The molecule has 1 aliphatic rings. The Morgan fingerprint density at radius 3 is 2.15 bits per heavy atom. The molecule has 2 N–H and O–H groups in total. The van der Waals surface area contributed by atoms with E-state index < -0.39 is 5.91 Å². The van der Waals surface area contributed by atoms with Crippen LogP contribution in [-0.4, -0.2) is 52.9 Å². The summed E-state index contributed by atoms with van der Waals surface area (Å²) in [7, 11) is 0. The number of amides is 2. The van der Waals surface area contributed by atoms with Gasteiger partial charge in [-0.1, -0.05) is 36.4 Å². The number of allylic oxidation sites excluding steroid dienone is 1. The Bertz CT molecular complexity index is 1080. The number of benzene rings is 2. The van der Waals surface area contributed by atoms with Crippen LogP contribution in [-0.2, 0) is 9.59 Å². The van der Waals surface area contributed by atoms with Crippen LogP contribution in [0, 0.1) is 0 Å². The molecule has 7 heteroatoms. The van der Waals surface area contributed by atoms with Crippen LogP contribution in [0.4, 0.5) is 5.69 Å². The van der Waals surface area contributed by atoms with Crippen molar-refractivity contribution < 1.29 is 19.6 Å². The molecule has 1 fully saturated rings. The maximum absolute atomic E-state index is 13.1. The molecule has 33 heavy (non-hydrogen) atoms. The van der Waals surface area contributed by atoms with Crippen LogP contribution in [0.2, 0.25) is 0 Å².